The molecule has 0 fully saturated rings. The Balaban J connectivity index is 1.95. The molecule has 2 aromatic heterocycles. The Morgan fingerprint density at radius 2 is 2.14 bits per heavy atom. The molecule has 1 atom stereocenters. The second-order valence-electron chi connectivity index (χ2n) is 4.51. The van der Waals surface area contributed by atoms with E-state index in [0.29, 0.717) is 5.02 Å². The fourth-order valence-electron chi connectivity index (χ4n) is 2.03. The van der Waals surface area contributed by atoms with Gasteiger partial charge in [0.25, 0.3) is 5.91 Å². The second-order valence-corrected chi connectivity index (χ2v) is 5.55. The van der Waals surface area contributed by atoms with Gasteiger partial charge in [0.1, 0.15) is 0 Å². The lowest BCUT2D eigenvalue weighted by Crippen LogP contribution is -2.30. The van der Waals surface area contributed by atoms with Gasteiger partial charge in [-0.2, -0.15) is 0 Å². The Morgan fingerprint density at radius 1 is 1.23 bits per heavy atom. The number of carbonyl (C=O) groups excluding carboxylic acids is 1. The highest BCUT2D eigenvalue weighted by atomic mass is 35.5. The van der Waals surface area contributed by atoms with Crippen molar-refractivity contribution < 1.29 is 4.79 Å². The molecule has 0 aliphatic rings. The van der Waals surface area contributed by atoms with E-state index in [-0.39, 0.29) is 11.6 Å². The van der Waals surface area contributed by atoms with Crippen LogP contribution in [0.15, 0.2) is 54.0 Å². The van der Waals surface area contributed by atoms with Crippen molar-refractivity contribution in [2.45, 2.75) is 6.04 Å². The lowest BCUT2D eigenvalue weighted by atomic mass is 10.0. The van der Waals surface area contributed by atoms with Crippen LogP contribution in [0.25, 0.3) is 0 Å². The van der Waals surface area contributed by atoms with Gasteiger partial charge in [0.05, 0.1) is 11.7 Å². The molecule has 7 heteroatoms. The monoisotopic (exact) mass is 330 g/mol. The standard InChI is InChI=1S/C15H11ClN4OS/c16-11-5-3-4-10(8-11)14(12-6-1-2-7-17-12)18-15(21)13-9-22-20-19-13/h1-9,14H,(H,18,21). The van der Waals surface area contributed by atoms with Crippen LogP contribution in [-0.2, 0) is 0 Å². The number of rotatable bonds is 4. The summed E-state index contributed by atoms with van der Waals surface area (Å²) < 4.78 is 3.70. The largest absolute Gasteiger partial charge is 0.338 e. The summed E-state index contributed by atoms with van der Waals surface area (Å²) in [5.74, 6) is -0.302. The Bertz CT molecular complexity index is 764. The van der Waals surface area contributed by atoms with Gasteiger partial charge in [-0.1, -0.05) is 34.3 Å². The topological polar surface area (TPSA) is 67.8 Å². The molecule has 5 nitrogen and oxygen atoms in total. The first-order valence-electron chi connectivity index (χ1n) is 6.48. The maximum absolute atomic E-state index is 12.3. The van der Waals surface area contributed by atoms with Gasteiger partial charge < -0.3 is 5.32 Å². The van der Waals surface area contributed by atoms with Crippen molar-refractivity contribution in [2.75, 3.05) is 0 Å². The summed E-state index contributed by atoms with van der Waals surface area (Å²) in [6.45, 7) is 0. The summed E-state index contributed by atoms with van der Waals surface area (Å²) in [6.07, 6.45) is 1.68. The maximum Gasteiger partial charge on any atom is 0.273 e. The second kappa shape index (κ2) is 6.64. The summed E-state index contributed by atoms with van der Waals surface area (Å²) in [6, 6.07) is 12.5. The molecule has 0 bridgehead atoms. The van der Waals surface area contributed by atoms with Crippen molar-refractivity contribution >= 4 is 29.0 Å². The summed E-state index contributed by atoms with van der Waals surface area (Å²) in [5.41, 5.74) is 1.86. The predicted molar refractivity (Wildman–Crippen MR) is 84.9 cm³/mol. The van der Waals surface area contributed by atoms with E-state index in [0.717, 1.165) is 22.8 Å². The number of pyridine rings is 1. The summed E-state index contributed by atoms with van der Waals surface area (Å²) in [5, 5.41) is 8.91. The van der Waals surface area contributed by atoms with Crippen LogP contribution in [0.4, 0.5) is 0 Å². The highest BCUT2D eigenvalue weighted by Crippen LogP contribution is 2.23. The van der Waals surface area contributed by atoms with Gasteiger partial charge in [-0.05, 0) is 41.4 Å². The Kier molecular flexibility index (Phi) is 4.41. The summed E-state index contributed by atoms with van der Waals surface area (Å²) >= 11 is 7.19. The molecule has 0 saturated carbocycles. The van der Waals surface area contributed by atoms with Crippen LogP contribution in [-0.4, -0.2) is 20.5 Å². The van der Waals surface area contributed by atoms with Crippen molar-refractivity contribution in [2.24, 2.45) is 0 Å². The van der Waals surface area contributed by atoms with Crippen molar-refractivity contribution in [3.63, 3.8) is 0 Å². The molecular formula is C15H11ClN4OS. The zero-order valence-corrected chi connectivity index (χ0v) is 12.9. The SMILES string of the molecule is O=C(NC(c1cccc(Cl)c1)c1ccccn1)c1csnn1. The molecule has 3 aromatic rings. The summed E-state index contributed by atoms with van der Waals surface area (Å²) in [4.78, 5) is 16.6. The zero-order chi connectivity index (χ0) is 15.4. The molecule has 0 spiro atoms. The molecular weight excluding hydrogens is 320 g/mol. The first-order valence-corrected chi connectivity index (χ1v) is 7.70. The molecule has 110 valence electrons. The molecule has 1 N–H and O–H groups in total. The molecule has 1 amide bonds. The van der Waals surface area contributed by atoms with Crippen molar-refractivity contribution in [1.82, 2.24) is 19.9 Å². The minimum absolute atomic E-state index is 0.285. The molecule has 22 heavy (non-hydrogen) atoms. The lowest BCUT2D eigenvalue weighted by Gasteiger charge is -2.18. The fourth-order valence-corrected chi connectivity index (χ4v) is 2.66. The average molecular weight is 331 g/mol. The number of hydrogen-bond donors (Lipinski definition) is 1. The average Bonchev–Trinajstić information content (AvgIpc) is 3.08. The van der Waals surface area contributed by atoms with E-state index in [2.05, 4.69) is 19.9 Å². The molecule has 0 radical (unpaired) electrons. The number of hydrogen-bond acceptors (Lipinski definition) is 5. The molecule has 0 saturated heterocycles. The van der Waals surface area contributed by atoms with Gasteiger partial charge in [0.15, 0.2) is 5.69 Å². The van der Waals surface area contributed by atoms with Crippen molar-refractivity contribution in [1.29, 1.82) is 0 Å². The van der Waals surface area contributed by atoms with Gasteiger partial charge in [-0.25, -0.2) is 0 Å². The van der Waals surface area contributed by atoms with E-state index in [1.807, 2.05) is 30.3 Å². The van der Waals surface area contributed by atoms with E-state index in [9.17, 15) is 4.79 Å². The van der Waals surface area contributed by atoms with Crippen LogP contribution in [0.3, 0.4) is 0 Å². The summed E-state index contributed by atoms with van der Waals surface area (Å²) in [7, 11) is 0. The first-order chi connectivity index (χ1) is 10.7. The Labute approximate surface area is 136 Å². The van der Waals surface area contributed by atoms with E-state index in [1.165, 1.54) is 0 Å². The van der Waals surface area contributed by atoms with Crippen LogP contribution in [0.2, 0.25) is 5.02 Å². The smallest absolute Gasteiger partial charge is 0.273 e. The molecule has 1 aromatic carbocycles. The van der Waals surface area contributed by atoms with Crippen LogP contribution in [0.1, 0.15) is 27.8 Å². The van der Waals surface area contributed by atoms with Crippen LogP contribution >= 0.6 is 23.1 Å². The van der Waals surface area contributed by atoms with Crippen LogP contribution in [0, 0.1) is 0 Å². The number of halogens is 1. The number of nitrogens with zero attached hydrogens (tertiary/aromatic N) is 3. The number of amides is 1. The van der Waals surface area contributed by atoms with Crippen LogP contribution < -0.4 is 5.32 Å². The van der Waals surface area contributed by atoms with Gasteiger partial charge in [0, 0.05) is 16.6 Å². The fraction of sp³-hybridized carbons (Fsp3) is 0.0667. The number of carbonyl (C=O) groups is 1. The number of benzene rings is 1. The molecule has 0 aliphatic heterocycles. The van der Waals surface area contributed by atoms with Gasteiger partial charge >= 0.3 is 0 Å². The highest BCUT2D eigenvalue weighted by Gasteiger charge is 2.20. The third-order valence-corrected chi connectivity index (χ3v) is 3.77. The van der Waals surface area contributed by atoms with Gasteiger partial charge in [-0.15, -0.1) is 5.10 Å². The first kappa shape index (κ1) is 14.6. The quantitative estimate of drug-likeness (QED) is 0.798. The normalized spacial score (nSPS) is 11.9. The van der Waals surface area contributed by atoms with Gasteiger partial charge in [0.2, 0.25) is 0 Å². The molecule has 3 rings (SSSR count). The minimum Gasteiger partial charge on any atom is -0.338 e. The van der Waals surface area contributed by atoms with E-state index in [4.69, 9.17) is 11.6 Å². The van der Waals surface area contributed by atoms with Gasteiger partial charge in [-0.3, -0.25) is 9.78 Å². The third kappa shape index (κ3) is 3.29. The van der Waals surface area contributed by atoms with Crippen molar-refractivity contribution in [3.05, 3.63) is 76.0 Å². The van der Waals surface area contributed by atoms with E-state index >= 15 is 0 Å². The Morgan fingerprint density at radius 3 is 2.82 bits per heavy atom. The van der Waals surface area contributed by atoms with E-state index in [1.54, 1.807) is 23.7 Å². The predicted octanol–water partition coefficient (Wildman–Crippen LogP) is 3.11. The number of nitrogens with one attached hydrogen (secondary N) is 1. The highest BCUT2D eigenvalue weighted by molar-refractivity contribution is 7.03. The molecule has 2 heterocycles. The maximum atomic E-state index is 12.3. The van der Waals surface area contributed by atoms with Crippen LogP contribution in [0.5, 0.6) is 0 Å². The molecule has 1 unspecified atom stereocenters. The number of aromatic nitrogens is 3. The molecule has 0 aliphatic carbocycles. The minimum atomic E-state index is -0.408. The van der Waals surface area contributed by atoms with E-state index < -0.39 is 6.04 Å². The third-order valence-electron chi connectivity index (χ3n) is 3.03. The zero-order valence-electron chi connectivity index (χ0n) is 11.3. The van der Waals surface area contributed by atoms with Crippen molar-refractivity contribution in [3.8, 4) is 0 Å². The lowest BCUT2D eigenvalue weighted by molar-refractivity contribution is 0.0937. The Hall–Kier alpha value is -2.31.